The largest absolute Gasteiger partial charge is 0.387 e. The molecule has 3 heterocycles. The van der Waals surface area contributed by atoms with E-state index in [-0.39, 0.29) is 17.8 Å². The van der Waals surface area contributed by atoms with E-state index >= 15 is 0 Å². The van der Waals surface area contributed by atoms with Crippen LogP contribution in [0.4, 0.5) is 0 Å². The SMILES string of the molecule is CC(CCc1c[nH]c2ccc(Cl)cc12)NC1CCn2c(=O)[nH]c3cccc(c32)C1O. The molecule has 0 spiro atoms. The molecule has 0 fully saturated rings. The Bertz CT molecular complexity index is 1270. The van der Waals surface area contributed by atoms with E-state index in [9.17, 15) is 9.90 Å². The van der Waals surface area contributed by atoms with Crippen LogP contribution in [0.15, 0.2) is 47.4 Å². The number of aromatic amines is 2. The average molecular weight is 425 g/mol. The van der Waals surface area contributed by atoms with Crippen molar-refractivity contribution in [3.05, 3.63) is 69.2 Å². The van der Waals surface area contributed by atoms with Crippen molar-refractivity contribution >= 4 is 33.5 Å². The van der Waals surface area contributed by atoms with E-state index in [0.29, 0.717) is 13.0 Å². The number of aliphatic hydroxyl groups excluding tert-OH is 1. The first-order valence-corrected chi connectivity index (χ1v) is 10.8. The van der Waals surface area contributed by atoms with Crippen LogP contribution in [0, 0.1) is 0 Å². The fraction of sp³-hybridized carbons (Fsp3) is 0.348. The first-order valence-electron chi connectivity index (χ1n) is 10.4. The highest BCUT2D eigenvalue weighted by Gasteiger charge is 2.29. The Kier molecular flexibility index (Phi) is 4.93. The second-order valence-electron chi connectivity index (χ2n) is 8.28. The van der Waals surface area contributed by atoms with Crippen LogP contribution in [0.2, 0.25) is 5.02 Å². The number of imidazole rings is 1. The topological polar surface area (TPSA) is 85.8 Å². The minimum atomic E-state index is -0.660. The third-order valence-electron chi connectivity index (χ3n) is 6.26. The molecule has 0 amide bonds. The monoisotopic (exact) mass is 424 g/mol. The zero-order valence-electron chi connectivity index (χ0n) is 16.8. The second-order valence-corrected chi connectivity index (χ2v) is 8.71. The van der Waals surface area contributed by atoms with E-state index in [1.165, 1.54) is 5.56 Å². The summed E-state index contributed by atoms with van der Waals surface area (Å²) in [7, 11) is 0. The van der Waals surface area contributed by atoms with Gasteiger partial charge >= 0.3 is 5.69 Å². The van der Waals surface area contributed by atoms with Crippen LogP contribution >= 0.6 is 11.6 Å². The van der Waals surface area contributed by atoms with Crippen LogP contribution in [0.3, 0.4) is 0 Å². The standard InChI is InChI=1S/C23H25ClN4O2/c1-13(5-6-14-12-25-18-8-7-15(24)11-17(14)18)26-20-9-10-28-21-16(22(20)29)3-2-4-19(21)27-23(28)30/h2-4,7-8,11-13,20,22,25-26,29H,5-6,9-10H2,1H3,(H,27,30). The van der Waals surface area contributed by atoms with Gasteiger partial charge in [-0.15, -0.1) is 0 Å². The number of nitrogens with one attached hydrogen (secondary N) is 3. The van der Waals surface area contributed by atoms with Crippen LogP contribution in [0.25, 0.3) is 21.9 Å². The molecule has 5 rings (SSSR count). The van der Waals surface area contributed by atoms with E-state index in [1.807, 2.05) is 36.4 Å². The number of fused-ring (bicyclic) bond motifs is 1. The Morgan fingerprint density at radius 2 is 2.17 bits per heavy atom. The summed E-state index contributed by atoms with van der Waals surface area (Å²) in [6.07, 6.45) is 3.92. The third-order valence-corrected chi connectivity index (χ3v) is 6.50. The Hall–Kier alpha value is -2.54. The molecule has 1 aliphatic heterocycles. The number of hydrogen-bond donors (Lipinski definition) is 4. The molecular weight excluding hydrogens is 400 g/mol. The predicted molar refractivity (Wildman–Crippen MR) is 120 cm³/mol. The van der Waals surface area contributed by atoms with Crippen LogP contribution in [0.5, 0.6) is 0 Å². The lowest BCUT2D eigenvalue weighted by Crippen LogP contribution is -2.41. The lowest BCUT2D eigenvalue weighted by atomic mass is 9.98. The molecular formula is C23H25ClN4O2. The normalized spacial score (nSPS) is 20.0. The fourth-order valence-corrected chi connectivity index (χ4v) is 4.87. The molecule has 7 heteroatoms. The summed E-state index contributed by atoms with van der Waals surface area (Å²) >= 11 is 6.16. The Morgan fingerprint density at radius 3 is 3.03 bits per heavy atom. The lowest BCUT2D eigenvalue weighted by molar-refractivity contribution is 0.119. The smallest absolute Gasteiger partial charge is 0.326 e. The maximum Gasteiger partial charge on any atom is 0.326 e. The quantitative estimate of drug-likeness (QED) is 0.392. The average Bonchev–Trinajstić information content (AvgIpc) is 3.24. The van der Waals surface area contributed by atoms with Crippen LogP contribution in [0.1, 0.15) is 37.0 Å². The summed E-state index contributed by atoms with van der Waals surface area (Å²) in [5, 5.41) is 16.6. The third kappa shape index (κ3) is 3.35. The number of benzene rings is 2. The van der Waals surface area contributed by atoms with E-state index in [0.717, 1.165) is 45.4 Å². The number of H-pyrrole nitrogens is 2. The van der Waals surface area contributed by atoms with Gasteiger partial charge in [0.05, 0.1) is 17.1 Å². The van der Waals surface area contributed by atoms with E-state index in [4.69, 9.17) is 11.6 Å². The van der Waals surface area contributed by atoms with Gasteiger partial charge in [-0.25, -0.2) is 4.79 Å². The van der Waals surface area contributed by atoms with Crippen LogP contribution in [-0.4, -0.2) is 31.7 Å². The molecule has 6 nitrogen and oxygen atoms in total. The molecule has 0 saturated heterocycles. The van der Waals surface area contributed by atoms with Gasteiger partial charge in [0, 0.05) is 46.3 Å². The maximum atomic E-state index is 12.3. The predicted octanol–water partition coefficient (Wildman–Crippen LogP) is 3.88. The summed E-state index contributed by atoms with van der Waals surface area (Å²) in [6, 6.07) is 11.7. The van der Waals surface area contributed by atoms with Gasteiger partial charge in [0.25, 0.3) is 0 Å². The number of para-hydroxylation sites is 1. The van der Waals surface area contributed by atoms with Crippen molar-refractivity contribution in [2.24, 2.45) is 0 Å². The maximum absolute atomic E-state index is 12.3. The second kappa shape index (κ2) is 7.61. The van der Waals surface area contributed by atoms with Crippen LogP contribution < -0.4 is 11.0 Å². The molecule has 0 aliphatic carbocycles. The minimum Gasteiger partial charge on any atom is -0.387 e. The number of aliphatic hydroxyl groups is 1. The first kappa shape index (κ1) is 19.4. The van der Waals surface area contributed by atoms with Gasteiger partial charge in [0.15, 0.2) is 0 Å². The zero-order valence-corrected chi connectivity index (χ0v) is 17.5. The molecule has 2 aromatic carbocycles. The summed E-state index contributed by atoms with van der Waals surface area (Å²) in [5.74, 6) is 0. The van der Waals surface area contributed by atoms with Gasteiger partial charge < -0.3 is 20.4 Å². The van der Waals surface area contributed by atoms with E-state index in [1.54, 1.807) is 4.57 Å². The van der Waals surface area contributed by atoms with Gasteiger partial charge in [-0.1, -0.05) is 23.7 Å². The number of aryl methyl sites for hydroxylation is 2. The number of rotatable bonds is 5. The summed E-state index contributed by atoms with van der Waals surface area (Å²) in [6.45, 7) is 2.73. The summed E-state index contributed by atoms with van der Waals surface area (Å²) < 4.78 is 1.75. The van der Waals surface area contributed by atoms with Crippen LogP contribution in [-0.2, 0) is 13.0 Å². The van der Waals surface area contributed by atoms with Crippen molar-refractivity contribution in [2.45, 2.75) is 50.9 Å². The lowest BCUT2D eigenvalue weighted by Gasteiger charge is -2.26. The van der Waals surface area contributed by atoms with Gasteiger partial charge in [-0.2, -0.15) is 0 Å². The molecule has 4 aromatic rings. The Labute approximate surface area is 178 Å². The number of nitrogens with zero attached hydrogens (tertiary/aromatic N) is 1. The molecule has 3 atom stereocenters. The highest BCUT2D eigenvalue weighted by atomic mass is 35.5. The van der Waals surface area contributed by atoms with E-state index in [2.05, 4.69) is 28.4 Å². The molecule has 0 bridgehead atoms. The first-order chi connectivity index (χ1) is 14.5. The van der Waals surface area contributed by atoms with Crippen molar-refractivity contribution in [2.75, 3.05) is 0 Å². The molecule has 30 heavy (non-hydrogen) atoms. The zero-order chi connectivity index (χ0) is 20.8. The highest BCUT2D eigenvalue weighted by Crippen LogP contribution is 2.30. The molecule has 156 valence electrons. The van der Waals surface area contributed by atoms with Crippen molar-refractivity contribution in [1.82, 2.24) is 19.9 Å². The van der Waals surface area contributed by atoms with E-state index < -0.39 is 6.10 Å². The molecule has 2 aromatic heterocycles. The van der Waals surface area contributed by atoms with Crippen molar-refractivity contribution in [3.63, 3.8) is 0 Å². The van der Waals surface area contributed by atoms with Gasteiger partial charge in [0.1, 0.15) is 0 Å². The highest BCUT2D eigenvalue weighted by molar-refractivity contribution is 6.31. The Morgan fingerprint density at radius 1 is 1.30 bits per heavy atom. The fourth-order valence-electron chi connectivity index (χ4n) is 4.70. The summed E-state index contributed by atoms with van der Waals surface area (Å²) in [4.78, 5) is 18.5. The number of halogens is 1. The molecule has 0 saturated carbocycles. The van der Waals surface area contributed by atoms with Crippen molar-refractivity contribution < 1.29 is 5.11 Å². The minimum absolute atomic E-state index is 0.109. The number of hydrogen-bond acceptors (Lipinski definition) is 3. The van der Waals surface area contributed by atoms with Gasteiger partial charge in [-0.05, 0) is 56.0 Å². The molecule has 1 aliphatic rings. The van der Waals surface area contributed by atoms with Crippen molar-refractivity contribution in [1.29, 1.82) is 0 Å². The van der Waals surface area contributed by atoms with Gasteiger partial charge in [0.2, 0.25) is 0 Å². The molecule has 4 N–H and O–H groups in total. The Balaban J connectivity index is 1.31. The molecule has 0 radical (unpaired) electrons. The van der Waals surface area contributed by atoms with Crippen molar-refractivity contribution in [3.8, 4) is 0 Å². The summed E-state index contributed by atoms with van der Waals surface area (Å²) in [5.41, 5.74) is 4.63. The number of aromatic nitrogens is 3. The van der Waals surface area contributed by atoms with Gasteiger partial charge in [-0.3, -0.25) is 4.57 Å². The molecule has 3 unspecified atom stereocenters.